The molecule has 0 amide bonds. The van der Waals surface area contributed by atoms with Gasteiger partial charge < -0.3 is 10.4 Å². The molecule has 2 rings (SSSR count). The molecule has 7 nitrogen and oxygen atoms in total. The number of hydrogen-bond donors (Lipinski definition) is 2. The van der Waals surface area contributed by atoms with Gasteiger partial charge in [0.2, 0.25) is 5.82 Å². The zero-order chi connectivity index (χ0) is 15.4. The Hall–Kier alpha value is -2.67. The van der Waals surface area contributed by atoms with Gasteiger partial charge in [0.15, 0.2) is 6.04 Å². The SMILES string of the molecule is O=C(O)C(Nc1ncc(Cl)cc1[N+](=O)[O-])c1ccccc1. The number of hydrogen-bond acceptors (Lipinski definition) is 5. The van der Waals surface area contributed by atoms with Crippen LogP contribution in [0, 0.1) is 10.1 Å². The van der Waals surface area contributed by atoms with E-state index >= 15 is 0 Å². The van der Waals surface area contributed by atoms with E-state index in [-0.39, 0.29) is 16.5 Å². The van der Waals surface area contributed by atoms with Crippen molar-refractivity contribution in [1.29, 1.82) is 0 Å². The quantitative estimate of drug-likeness (QED) is 0.650. The lowest BCUT2D eigenvalue weighted by molar-refractivity contribution is -0.384. The highest BCUT2D eigenvalue weighted by Gasteiger charge is 2.24. The van der Waals surface area contributed by atoms with Gasteiger partial charge in [-0.05, 0) is 5.56 Å². The van der Waals surface area contributed by atoms with Crippen LogP contribution in [-0.2, 0) is 4.79 Å². The summed E-state index contributed by atoms with van der Waals surface area (Å²) in [7, 11) is 0. The van der Waals surface area contributed by atoms with E-state index < -0.39 is 16.9 Å². The van der Waals surface area contributed by atoms with Crippen molar-refractivity contribution < 1.29 is 14.8 Å². The number of aromatic nitrogens is 1. The van der Waals surface area contributed by atoms with Crippen molar-refractivity contribution in [2.75, 3.05) is 5.32 Å². The molecule has 1 unspecified atom stereocenters. The Morgan fingerprint density at radius 3 is 2.62 bits per heavy atom. The van der Waals surface area contributed by atoms with Crippen molar-refractivity contribution in [2.24, 2.45) is 0 Å². The van der Waals surface area contributed by atoms with E-state index in [1.54, 1.807) is 30.3 Å². The maximum absolute atomic E-state index is 11.4. The molecule has 0 saturated carbocycles. The van der Waals surface area contributed by atoms with Gasteiger partial charge in [-0.25, -0.2) is 9.78 Å². The predicted molar refractivity (Wildman–Crippen MR) is 76.3 cm³/mol. The van der Waals surface area contributed by atoms with Gasteiger partial charge in [-0.3, -0.25) is 10.1 Å². The maximum Gasteiger partial charge on any atom is 0.330 e. The van der Waals surface area contributed by atoms with Crippen LogP contribution in [0.3, 0.4) is 0 Å². The van der Waals surface area contributed by atoms with E-state index in [0.717, 1.165) is 6.07 Å². The second kappa shape index (κ2) is 6.19. The highest BCUT2D eigenvalue weighted by atomic mass is 35.5. The van der Waals surface area contributed by atoms with Crippen LogP contribution in [-0.4, -0.2) is 21.0 Å². The third-order valence-corrected chi connectivity index (χ3v) is 2.90. The fourth-order valence-electron chi connectivity index (χ4n) is 1.75. The average molecular weight is 308 g/mol. The van der Waals surface area contributed by atoms with Gasteiger partial charge in [0.1, 0.15) is 0 Å². The van der Waals surface area contributed by atoms with Crippen molar-refractivity contribution in [3.8, 4) is 0 Å². The van der Waals surface area contributed by atoms with Crippen molar-refractivity contribution in [1.82, 2.24) is 4.98 Å². The monoisotopic (exact) mass is 307 g/mol. The summed E-state index contributed by atoms with van der Waals surface area (Å²) < 4.78 is 0. The number of benzene rings is 1. The van der Waals surface area contributed by atoms with Crippen LogP contribution in [0.2, 0.25) is 5.02 Å². The molecule has 2 aromatic rings. The van der Waals surface area contributed by atoms with Crippen LogP contribution in [0.25, 0.3) is 0 Å². The van der Waals surface area contributed by atoms with Crippen molar-refractivity contribution in [3.63, 3.8) is 0 Å². The molecule has 21 heavy (non-hydrogen) atoms. The lowest BCUT2D eigenvalue weighted by Crippen LogP contribution is -2.21. The molecule has 1 atom stereocenters. The number of aliphatic carboxylic acids is 1. The van der Waals surface area contributed by atoms with Gasteiger partial charge in [0.05, 0.1) is 9.95 Å². The minimum atomic E-state index is -1.17. The van der Waals surface area contributed by atoms with Gasteiger partial charge in [0.25, 0.3) is 0 Å². The average Bonchev–Trinajstić information content (AvgIpc) is 2.46. The first-order chi connectivity index (χ1) is 9.99. The molecule has 0 aliphatic heterocycles. The maximum atomic E-state index is 11.4. The summed E-state index contributed by atoms with van der Waals surface area (Å²) in [4.78, 5) is 25.5. The number of carboxylic acid groups (broad SMARTS) is 1. The normalized spacial score (nSPS) is 11.7. The van der Waals surface area contributed by atoms with Crippen LogP contribution >= 0.6 is 11.6 Å². The van der Waals surface area contributed by atoms with Crippen LogP contribution in [0.5, 0.6) is 0 Å². The second-order valence-corrected chi connectivity index (χ2v) is 4.54. The number of nitrogens with one attached hydrogen (secondary N) is 1. The Morgan fingerprint density at radius 2 is 2.05 bits per heavy atom. The zero-order valence-electron chi connectivity index (χ0n) is 10.6. The van der Waals surface area contributed by atoms with Gasteiger partial charge in [-0.1, -0.05) is 41.9 Å². The molecule has 1 aromatic heterocycles. The molecule has 8 heteroatoms. The lowest BCUT2D eigenvalue weighted by Gasteiger charge is -2.15. The molecule has 0 bridgehead atoms. The molecular weight excluding hydrogens is 298 g/mol. The number of carboxylic acids is 1. The standard InChI is InChI=1S/C13H10ClN3O4/c14-9-6-10(17(20)21)12(15-7-9)16-11(13(18)19)8-4-2-1-3-5-8/h1-7,11H,(H,15,16)(H,18,19). The third-order valence-electron chi connectivity index (χ3n) is 2.69. The Labute approximate surface area is 124 Å². The Kier molecular flexibility index (Phi) is 4.34. The summed E-state index contributed by atoms with van der Waals surface area (Å²) in [5.41, 5.74) is 0.0701. The van der Waals surface area contributed by atoms with Crippen molar-refractivity contribution in [3.05, 3.63) is 63.3 Å². The number of rotatable bonds is 5. The zero-order valence-corrected chi connectivity index (χ0v) is 11.3. The first-order valence-electron chi connectivity index (χ1n) is 5.83. The van der Waals surface area contributed by atoms with E-state index in [9.17, 15) is 20.0 Å². The van der Waals surface area contributed by atoms with Crippen LogP contribution in [0.1, 0.15) is 11.6 Å². The Bertz CT molecular complexity index is 678. The molecule has 108 valence electrons. The summed E-state index contributed by atoms with van der Waals surface area (Å²) in [5.74, 6) is -1.33. The largest absolute Gasteiger partial charge is 0.479 e. The van der Waals surface area contributed by atoms with Gasteiger partial charge in [-0.15, -0.1) is 0 Å². The number of carbonyl (C=O) groups is 1. The number of pyridine rings is 1. The Balaban J connectivity index is 2.39. The first kappa shape index (κ1) is 14.7. The molecule has 1 heterocycles. The molecule has 0 aliphatic carbocycles. The minimum Gasteiger partial charge on any atom is -0.479 e. The van der Waals surface area contributed by atoms with Crippen LogP contribution in [0.15, 0.2) is 42.6 Å². The molecule has 0 radical (unpaired) electrons. The van der Waals surface area contributed by atoms with Gasteiger partial charge in [-0.2, -0.15) is 0 Å². The summed E-state index contributed by atoms with van der Waals surface area (Å²) in [6.07, 6.45) is 1.21. The second-order valence-electron chi connectivity index (χ2n) is 4.10. The molecule has 0 saturated heterocycles. The highest BCUT2D eigenvalue weighted by Crippen LogP contribution is 2.28. The van der Waals surface area contributed by atoms with E-state index in [1.165, 1.54) is 6.20 Å². The molecular formula is C13H10ClN3O4. The first-order valence-corrected chi connectivity index (χ1v) is 6.21. The van der Waals surface area contributed by atoms with Gasteiger partial charge in [0, 0.05) is 12.3 Å². The van der Waals surface area contributed by atoms with Crippen LogP contribution in [0.4, 0.5) is 11.5 Å². The fourth-order valence-corrected chi connectivity index (χ4v) is 1.90. The third kappa shape index (κ3) is 3.46. The number of halogens is 1. The topological polar surface area (TPSA) is 105 Å². The number of nitrogens with zero attached hydrogens (tertiary/aromatic N) is 2. The predicted octanol–water partition coefficient (Wildman–Crippen LogP) is 2.88. The molecule has 0 aliphatic rings. The molecule has 0 spiro atoms. The van der Waals surface area contributed by atoms with Crippen molar-refractivity contribution in [2.45, 2.75) is 6.04 Å². The number of anilines is 1. The fraction of sp³-hybridized carbons (Fsp3) is 0.0769. The minimum absolute atomic E-state index is 0.0961. The molecule has 0 fully saturated rings. The summed E-state index contributed by atoms with van der Waals surface area (Å²) in [5, 5.41) is 22.9. The summed E-state index contributed by atoms with van der Waals surface area (Å²) in [6.45, 7) is 0. The highest BCUT2D eigenvalue weighted by molar-refractivity contribution is 6.30. The number of nitro groups is 1. The Morgan fingerprint density at radius 1 is 1.38 bits per heavy atom. The summed E-state index contributed by atoms with van der Waals surface area (Å²) in [6, 6.07) is 8.26. The molecule has 2 N–H and O–H groups in total. The van der Waals surface area contributed by atoms with Gasteiger partial charge >= 0.3 is 11.7 Å². The summed E-state index contributed by atoms with van der Waals surface area (Å²) >= 11 is 5.67. The van der Waals surface area contributed by atoms with Crippen LogP contribution < -0.4 is 5.32 Å². The van der Waals surface area contributed by atoms with E-state index in [1.807, 2.05) is 0 Å². The lowest BCUT2D eigenvalue weighted by atomic mass is 10.1. The smallest absolute Gasteiger partial charge is 0.330 e. The van der Waals surface area contributed by atoms with E-state index in [2.05, 4.69) is 10.3 Å². The molecule has 1 aromatic carbocycles. The van der Waals surface area contributed by atoms with E-state index in [4.69, 9.17) is 11.6 Å². The van der Waals surface area contributed by atoms with E-state index in [0.29, 0.717) is 5.56 Å². The van der Waals surface area contributed by atoms with Crippen molar-refractivity contribution >= 4 is 29.1 Å².